The number of halogens is 1. The van der Waals surface area contributed by atoms with Gasteiger partial charge in [-0.15, -0.1) is 0 Å². The van der Waals surface area contributed by atoms with Gasteiger partial charge in [-0.25, -0.2) is 9.37 Å². The molecule has 0 amide bonds. The summed E-state index contributed by atoms with van der Waals surface area (Å²) in [5, 5.41) is 10.2. The number of para-hydroxylation sites is 1. The number of anilines is 2. The molecule has 0 atom stereocenters. The van der Waals surface area contributed by atoms with Crippen LogP contribution in [0.15, 0.2) is 24.3 Å². The molecule has 1 aliphatic rings. The van der Waals surface area contributed by atoms with Gasteiger partial charge in [0.2, 0.25) is 0 Å². The number of thiazole rings is 1. The standard InChI is InChI=1S/C15H17FN2OS/c1-2-18(12-6-4-3-5-11(12)16)15-17-14(10-7-8-10)13(9-19)20-15/h3-6,10,19H,2,7-9H2,1H3. The Morgan fingerprint density at radius 3 is 2.75 bits per heavy atom. The fourth-order valence-electron chi connectivity index (χ4n) is 2.33. The van der Waals surface area contributed by atoms with Crippen LogP contribution in [-0.4, -0.2) is 16.6 Å². The third-order valence-corrected chi connectivity index (χ3v) is 4.59. The van der Waals surface area contributed by atoms with Gasteiger partial charge in [-0.05, 0) is 31.9 Å². The first-order valence-electron chi connectivity index (χ1n) is 6.87. The minimum Gasteiger partial charge on any atom is -0.391 e. The number of aliphatic hydroxyl groups is 1. The molecule has 1 aromatic carbocycles. The second kappa shape index (κ2) is 5.50. The molecule has 0 radical (unpaired) electrons. The monoisotopic (exact) mass is 292 g/mol. The fourth-order valence-corrected chi connectivity index (χ4v) is 3.42. The van der Waals surface area contributed by atoms with Gasteiger partial charge in [0.05, 0.1) is 22.9 Å². The summed E-state index contributed by atoms with van der Waals surface area (Å²) in [6.45, 7) is 2.63. The van der Waals surface area contributed by atoms with Gasteiger partial charge in [0.15, 0.2) is 5.13 Å². The Kier molecular flexibility index (Phi) is 3.72. The summed E-state index contributed by atoms with van der Waals surface area (Å²) >= 11 is 1.46. The first-order valence-corrected chi connectivity index (χ1v) is 7.68. The Hall–Kier alpha value is -1.46. The first kappa shape index (κ1) is 13.5. The van der Waals surface area contributed by atoms with Crippen LogP contribution >= 0.6 is 11.3 Å². The lowest BCUT2D eigenvalue weighted by Crippen LogP contribution is -2.17. The van der Waals surface area contributed by atoms with E-state index in [2.05, 4.69) is 4.98 Å². The lowest BCUT2D eigenvalue weighted by atomic mass is 10.2. The zero-order chi connectivity index (χ0) is 14.1. The van der Waals surface area contributed by atoms with Crippen molar-refractivity contribution in [1.82, 2.24) is 4.98 Å². The number of rotatable bonds is 5. The van der Waals surface area contributed by atoms with Crippen molar-refractivity contribution >= 4 is 22.2 Å². The van der Waals surface area contributed by atoms with Crippen LogP contribution in [0.2, 0.25) is 0 Å². The van der Waals surface area contributed by atoms with Crippen LogP contribution in [-0.2, 0) is 6.61 Å². The van der Waals surface area contributed by atoms with E-state index in [4.69, 9.17) is 0 Å². The van der Waals surface area contributed by atoms with Gasteiger partial charge < -0.3 is 10.0 Å². The minimum atomic E-state index is -0.247. The Morgan fingerprint density at radius 2 is 2.15 bits per heavy atom. The van der Waals surface area contributed by atoms with E-state index in [1.54, 1.807) is 12.1 Å². The average molecular weight is 292 g/mol. The summed E-state index contributed by atoms with van der Waals surface area (Å²) in [6, 6.07) is 6.72. The number of benzene rings is 1. The predicted molar refractivity (Wildman–Crippen MR) is 79.1 cm³/mol. The number of aliphatic hydroxyl groups excluding tert-OH is 1. The molecule has 2 aromatic rings. The Bertz CT molecular complexity index is 610. The maximum absolute atomic E-state index is 14.0. The molecule has 1 aromatic heterocycles. The van der Waals surface area contributed by atoms with Gasteiger partial charge >= 0.3 is 0 Å². The maximum Gasteiger partial charge on any atom is 0.190 e. The fraction of sp³-hybridized carbons (Fsp3) is 0.400. The smallest absolute Gasteiger partial charge is 0.190 e. The molecule has 1 aliphatic carbocycles. The van der Waals surface area contributed by atoms with Crippen molar-refractivity contribution in [1.29, 1.82) is 0 Å². The summed E-state index contributed by atoms with van der Waals surface area (Å²) in [4.78, 5) is 7.43. The van der Waals surface area contributed by atoms with Crippen molar-refractivity contribution in [2.24, 2.45) is 0 Å². The van der Waals surface area contributed by atoms with Crippen LogP contribution in [0.3, 0.4) is 0 Å². The molecule has 0 saturated heterocycles. The highest BCUT2D eigenvalue weighted by molar-refractivity contribution is 7.15. The summed E-state index contributed by atoms with van der Waals surface area (Å²) in [7, 11) is 0. The van der Waals surface area contributed by atoms with Crippen molar-refractivity contribution in [3.63, 3.8) is 0 Å². The van der Waals surface area contributed by atoms with Crippen LogP contribution in [0, 0.1) is 5.82 Å². The van der Waals surface area contributed by atoms with Crippen LogP contribution in [0.25, 0.3) is 0 Å². The third-order valence-electron chi connectivity index (χ3n) is 3.51. The molecule has 0 unspecified atom stereocenters. The number of hydrogen-bond acceptors (Lipinski definition) is 4. The van der Waals surface area contributed by atoms with Crippen molar-refractivity contribution < 1.29 is 9.50 Å². The average Bonchev–Trinajstić information content (AvgIpc) is 3.22. The van der Waals surface area contributed by atoms with Gasteiger partial charge in [-0.2, -0.15) is 0 Å². The summed E-state index contributed by atoms with van der Waals surface area (Å²) in [6.07, 6.45) is 2.28. The highest BCUT2D eigenvalue weighted by atomic mass is 32.1. The molecule has 5 heteroatoms. The molecule has 3 nitrogen and oxygen atoms in total. The van der Waals surface area contributed by atoms with E-state index in [0.717, 1.165) is 28.5 Å². The molecule has 1 heterocycles. The Labute approximate surface area is 121 Å². The van der Waals surface area contributed by atoms with E-state index >= 15 is 0 Å². The van der Waals surface area contributed by atoms with Crippen LogP contribution in [0.5, 0.6) is 0 Å². The van der Waals surface area contributed by atoms with Crippen LogP contribution < -0.4 is 4.90 Å². The zero-order valence-electron chi connectivity index (χ0n) is 11.3. The molecular formula is C15H17FN2OS. The normalized spacial score (nSPS) is 14.6. The van der Waals surface area contributed by atoms with Crippen LogP contribution in [0.4, 0.5) is 15.2 Å². The molecule has 0 spiro atoms. The van der Waals surface area contributed by atoms with Gasteiger partial charge in [-0.3, -0.25) is 0 Å². The summed E-state index contributed by atoms with van der Waals surface area (Å²) in [5.74, 6) is 0.240. The zero-order valence-corrected chi connectivity index (χ0v) is 12.2. The van der Waals surface area contributed by atoms with Crippen molar-refractivity contribution in [2.75, 3.05) is 11.4 Å². The second-order valence-electron chi connectivity index (χ2n) is 4.93. The van der Waals surface area contributed by atoms with Gasteiger partial charge in [0.25, 0.3) is 0 Å². The van der Waals surface area contributed by atoms with Gasteiger partial charge in [0.1, 0.15) is 5.82 Å². The van der Waals surface area contributed by atoms with Crippen LogP contribution in [0.1, 0.15) is 36.3 Å². The molecule has 1 fully saturated rings. The number of nitrogens with zero attached hydrogens (tertiary/aromatic N) is 2. The Morgan fingerprint density at radius 1 is 1.40 bits per heavy atom. The second-order valence-corrected chi connectivity index (χ2v) is 5.99. The molecule has 1 N–H and O–H groups in total. The van der Waals surface area contributed by atoms with E-state index in [1.165, 1.54) is 17.4 Å². The molecule has 0 bridgehead atoms. The SMILES string of the molecule is CCN(c1nc(C2CC2)c(CO)s1)c1ccccc1F. The molecule has 1 saturated carbocycles. The molecule has 106 valence electrons. The third kappa shape index (κ3) is 2.43. The summed E-state index contributed by atoms with van der Waals surface area (Å²) in [5.41, 5.74) is 1.54. The van der Waals surface area contributed by atoms with E-state index in [9.17, 15) is 9.50 Å². The highest BCUT2D eigenvalue weighted by Gasteiger charge is 2.30. The number of aromatic nitrogens is 1. The highest BCUT2D eigenvalue weighted by Crippen LogP contribution is 2.45. The van der Waals surface area contributed by atoms with E-state index in [0.29, 0.717) is 18.2 Å². The summed E-state index contributed by atoms with van der Waals surface area (Å²) < 4.78 is 14.0. The molecular weight excluding hydrogens is 275 g/mol. The first-order chi connectivity index (χ1) is 9.74. The Balaban J connectivity index is 1.99. The lowest BCUT2D eigenvalue weighted by Gasteiger charge is -2.20. The van der Waals surface area contributed by atoms with Crippen molar-refractivity contribution in [2.45, 2.75) is 32.3 Å². The van der Waals surface area contributed by atoms with Gasteiger partial charge in [-0.1, -0.05) is 23.5 Å². The minimum absolute atomic E-state index is 0.0122. The lowest BCUT2D eigenvalue weighted by molar-refractivity contribution is 0.284. The number of hydrogen-bond donors (Lipinski definition) is 1. The van der Waals surface area contributed by atoms with Gasteiger partial charge in [0, 0.05) is 12.5 Å². The molecule has 20 heavy (non-hydrogen) atoms. The predicted octanol–water partition coefficient (Wildman–Crippen LogP) is 3.81. The molecule has 3 rings (SSSR count). The van der Waals surface area contributed by atoms with Crippen molar-refractivity contribution in [3.05, 3.63) is 40.7 Å². The van der Waals surface area contributed by atoms with E-state index in [1.807, 2.05) is 17.9 Å². The van der Waals surface area contributed by atoms with E-state index in [-0.39, 0.29) is 12.4 Å². The maximum atomic E-state index is 14.0. The van der Waals surface area contributed by atoms with Crippen molar-refractivity contribution in [3.8, 4) is 0 Å². The van der Waals surface area contributed by atoms with E-state index < -0.39 is 0 Å². The molecule has 0 aliphatic heterocycles. The topological polar surface area (TPSA) is 36.4 Å². The largest absolute Gasteiger partial charge is 0.391 e. The quantitative estimate of drug-likeness (QED) is 0.910.